The van der Waals surface area contributed by atoms with Crippen LogP contribution in [0, 0.1) is 5.92 Å². The molecule has 0 spiro atoms. The Morgan fingerprint density at radius 2 is 1.95 bits per heavy atom. The second kappa shape index (κ2) is 7.18. The van der Waals surface area contributed by atoms with Gasteiger partial charge in [-0.25, -0.2) is 4.68 Å². The molecular weight excluding hydrogens is 262 g/mol. The van der Waals surface area contributed by atoms with E-state index in [4.69, 9.17) is 0 Å². The number of aryl methyl sites for hydroxylation is 1. The predicted octanol–water partition coefficient (Wildman–Crippen LogP) is 2.68. The van der Waals surface area contributed by atoms with E-state index in [0.29, 0.717) is 19.0 Å². The van der Waals surface area contributed by atoms with Crippen LogP contribution in [0.25, 0.3) is 11.3 Å². The Morgan fingerprint density at radius 1 is 1.24 bits per heavy atom. The Bertz CT molecular complexity index is 632. The Labute approximate surface area is 125 Å². The molecule has 0 radical (unpaired) electrons. The zero-order valence-electron chi connectivity index (χ0n) is 13.0. The number of aromatic nitrogens is 2. The van der Waals surface area contributed by atoms with Crippen molar-refractivity contribution in [2.24, 2.45) is 5.92 Å². The summed E-state index contributed by atoms with van der Waals surface area (Å²) in [6.45, 7) is 8.30. The lowest BCUT2D eigenvalue weighted by molar-refractivity contribution is 0.542. The fraction of sp³-hybridized carbons (Fsp3) is 0.412. The Morgan fingerprint density at radius 3 is 2.57 bits per heavy atom. The van der Waals surface area contributed by atoms with Crippen molar-refractivity contribution >= 4 is 0 Å². The zero-order valence-corrected chi connectivity index (χ0v) is 13.0. The summed E-state index contributed by atoms with van der Waals surface area (Å²) < 4.78 is 1.54. The van der Waals surface area contributed by atoms with E-state index < -0.39 is 0 Å². The first kappa shape index (κ1) is 15.4. The van der Waals surface area contributed by atoms with Gasteiger partial charge in [-0.05, 0) is 25.5 Å². The molecule has 0 saturated heterocycles. The SMILES string of the molecule is CCn1nc(-c2ccccc2)cc(CNCC(C)C)c1=O. The van der Waals surface area contributed by atoms with E-state index in [1.165, 1.54) is 4.68 Å². The van der Waals surface area contributed by atoms with E-state index >= 15 is 0 Å². The van der Waals surface area contributed by atoms with Crippen LogP contribution in [-0.2, 0) is 13.1 Å². The van der Waals surface area contributed by atoms with Crippen molar-refractivity contribution in [1.82, 2.24) is 15.1 Å². The molecule has 1 aromatic heterocycles. The van der Waals surface area contributed by atoms with E-state index in [1.54, 1.807) is 0 Å². The second-order valence-corrected chi connectivity index (χ2v) is 5.57. The normalized spacial score (nSPS) is 11.0. The summed E-state index contributed by atoms with van der Waals surface area (Å²) in [6.07, 6.45) is 0. The number of hydrogen-bond donors (Lipinski definition) is 1. The van der Waals surface area contributed by atoms with Gasteiger partial charge in [0.05, 0.1) is 5.69 Å². The molecule has 0 aliphatic heterocycles. The van der Waals surface area contributed by atoms with Crippen molar-refractivity contribution in [1.29, 1.82) is 0 Å². The van der Waals surface area contributed by atoms with Gasteiger partial charge in [0.25, 0.3) is 5.56 Å². The van der Waals surface area contributed by atoms with Gasteiger partial charge in [-0.2, -0.15) is 5.10 Å². The van der Waals surface area contributed by atoms with Gasteiger partial charge in [0.15, 0.2) is 0 Å². The molecule has 112 valence electrons. The van der Waals surface area contributed by atoms with Crippen molar-refractivity contribution in [3.63, 3.8) is 0 Å². The number of hydrogen-bond acceptors (Lipinski definition) is 3. The zero-order chi connectivity index (χ0) is 15.2. The lowest BCUT2D eigenvalue weighted by Crippen LogP contribution is -2.30. The molecule has 0 fully saturated rings. The third-order valence-electron chi connectivity index (χ3n) is 3.29. The largest absolute Gasteiger partial charge is 0.312 e. The van der Waals surface area contributed by atoms with Gasteiger partial charge in [-0.3, -0.25) is 4.79 Å². The monoisotopic (exact) mass is 285 g/mol. The van der Waals surface area contributed by atoms with Gasteiger partial charge < -0.3 is 5.32 Å². The molecule has 2 rings (SSSR count). The third kappa shape index (κ3) is 4.02. The van der Waals surface area contributed by atoms with Crippen LogP contribution in [-0.4, -0.2) is 16.3 Å². The molecule has 1 N–H and O–H groups in total. The molecule has 0 amide bonds. The highest BCUT2D eigenvalue weighted by atomic mass is 16.1. The first-order valence-electron chi connectivity index (χ1n) is 7.49. The van der Waals surface area contributed by atoms with E-state index in [9.17, 15) is 4.79 Å². The summed E-state index contributed by atoms with van der Waals surface area (Å²) in [5.41, 5.74) is 2.64. The van der Waals surface area contributed by atoms with Crippen molar-refractivity contribution in [2.45, 2.75) is 33.9 Å². The minimum Gasteiger partial charge on any atom is -0.312 e. The number of benzene rings is 1. The fourth-order valence-corrected chi connectivity index (χ4v) is 2.18. The molecule has 0 bridgehead atoms. The predicted molar refractivity (Wildman–Crippen MR) is 86.2 cm³/mol. The van der Waals surface area contributed by atoms with Crippen LogP contribution in [0.4, 0.5) is 0 Å². The topological polar surface area (TPSA) is 46.9 Å². The first-order chi connectivity index (χ1) is 10.1. The van der Waals surface area contributed by atoms with Gasteiger partial charge >= 0.3 is 0 Å². The minimum atomic E-state index is -0.00608. The Balaban J connectivity index is 2.33. The molecule has 0 unspecified atom stereocenters. The quantitative estimate of drug-likeness (QED) is 0.887. The molecule has 0 aliphatic rings. The van der Waals surface area contributed by atoms with Gasteiger partial charge in [0.1, 0.15) is 0 Å². The van der Waals surface area contributed by atoms with E-state index in [-0.39, 0.29) is 5.56 Å². The number of nitrogens with one attached hydrogen (secondary N) is 1. The molecule has 0 atom stereocenters. The van der Waals surface area contributed by atoms with Gasteiger partial charge in [0, 0.05) is 24.2 Å². The minimum absolute atomic E-state index is 0.00608. The van der Waals surface area contributed by atoms with Crippen LogP contribution in [0.3, 0.4) is 0 Å². The van der Waals surface area contributed by atoms with E-state index in [0.717, 1.165) is 23.4 Å². The highest BCUT2D eigenvalue weighted by Gasteiger charge is 2.09. The number of rotatable bonds is 6. The molecule has 2 aromatic rings. The summed E-state index contributed by atoms with van der Waals surface area (Å²) in [6, 6.07) is 11.9. The first-order valence-corrected chi connectivity index (χ1v) is 7.49. The van der Waals surface area contributed by atoms with Crippen molar-refractivity contribution < 1.29 is 0 Å². The average molecular weight is 285 g/mol. The third-order valence-corrected chi connectivity index (χ3v) is 3.29. The smallest absolute Gasteiger partial charge is 0.271 e. The summed E-state index contributed by atoms with van der Waals surface area (Å²) in [4.78, 5) is 12.3. The fourth-order valence-electron chi connectivity index (χ4n) is 2.18. The Hall–Kier alpha value is -1.94. The molecule has 0 saturated carbocycles. The van der Waals surface area contributed by atoms with Crippen LogP contribution in [0.5, 0.6) is 0 Å². The molecule has 4 heteroatoms. The van der Waals surface area contributed by atoms with Gasteiger partial charge in [0.2, 0.25) is 0 Å². The van der Waals surface area contributed by atoms with Crippen molar-refractivity contribution in [3.8, 4) is 11.3 Å². The van der Waals surface area contributed by atoms with Crippen LogP contribution < -0.4 is 10.9 Å². The lowest BCUT2D eigenvalue weighted by Gasteiger charge is -2.11. The summed E-state index contributed by atoms with van der Waals surface area (Å²) in [5, 5.41) is 7.77. The van der Waals surface area contributed by atoms with Crippen molar-refractivity contribution in [3.05, 3.63) is 52.3 Å². The van der Waals surface area contributed by atoms with Crippen LogP contribution in [0.15, 0.2) is 41.2 Å². The second-order valence-electron chi connectivity index (χ2n) is 5.57. The molecular formula is C17H23N3O. The highest BCUT2D eigenvalue weighted by Crippen LogP contribution is 2.15. The molecule has 0 aliphatic carbocycles. The van der Waals surface area contributed by atoms with E-state index in [1.807, 2.05) is 43.3 Å². The van der Waals surface area contributed by atoms with E-state index in [2.05, 4.69) is 24.3 Å². The maximum absolute atomic E-state index is 12.3. The van der Waals surface area contributed by atoms with Gasteiger partial charge in [-0.1, -0.05) is 44.2 Å². The summed E-state index contributed by atoms with van der Waals surface area (Å²) in [5.74, 6) is 0.564. The van der Waals surface area contributed by atoms with Crippen LogP contribution in [0.1, 0.15) is 26.3 Å². The van der Waals surface area contributed by atoms with Crippen LogP contribution >= 0.6 is 0 Å². The maximum Gasteiger partial charge on any atom is 0.271 e. The Kier molecular flexibility index (Phi) is 5.28. The summed E-state index contributed by atoms with van der Waals surface area (Å²) in [7, 11) is 0. The lowest BCUT2D eigenvalue weighted by atomic mass is 10.1. The van der Waals surface area contributed by atoms with Crippen molar-refractivity contribution in [2.75, 3.05) is 6.54 Å². The maximum atomic E-state index is 12.3. The van der Waals surface area contributed by atoms with Crippen LogP contribution in [0.2, 0.25) is 0 Å². The highest BCUT2D eigenvalue weighted by molar-refractivity contribution is 5.58. The molecule has 21 heavy (non-hydrogen) atoms. The molecule has 4 nitrogen and oxygen atoms in total. The standard InChI is InChI=1S/C17H23N3O/c1-4-20-17(21)15(12-18-11-13(2)3)10-16(19-20)14-8-6-5-7-9-14/h5-10,13,18H,4,11-12H2,1-3H3. The number of nitrogens with zero attached hydrogens (tertiary/aromatic N) is 2. The van der Waals surface area contributed by atoms with Gasteiger partial charge in [-0.15, -0.1) is 0 Å². The molecule has 1 aromatic carbocycles. The summed E-state index contributed by atoms with van der Waals surface area (Å²) >= 11 is 0. The molecule has 1 heterocycles. The average Bonchev–Trinajstić information content (AvgIpc) is 2.49.